The van der Waals surface area contributed by atoms with Crippen LogP contribution in [0.5, 0.6) is 0 Å². The van der Waals surface area contributed by atoms with Gasteiger partial charge in [-0.2, -0.15) is 0 Å². The number of rotatable bonds is 3. The number of nitrogens with one attached hydrogen (secondary N) is 1. The highest BCUT2D eigenvalue weighted by molar-refractivity contribution is 7.84. The third kappa shape index (κ3) is 4.45. The van der Waals surface area contributed by atoms with E-state index in [0.29, 0.717) is 19.0 Å². The van der Waals surface area contributed by atoms with Crippen LogP contribution in [0.15, 0.2) is 0 Å². The van der Waals surface area contributed by atoms with Crippen LogP contribution in [0, 0.1) is 11.8 Å². The molecule has 0 aromatic rings. The van der Waals surface area contributed by atoms with Crippen molar-refractivity contribution in [2.24, 2.45) is 11.8 Å². The average molecular weight is 290 g/mol. The predicted molar refractivity (Wildman–Crippen MR) is 77.4 cm³/mol. The lowest BCUT2D eigenvalue weighted by Gasteiger charge is -2.39. The molecule has 112 valence electrons. The second kappa shape index (κ2) is 6.22. The Morgan fingerprint density at radius 1 is 1.47 bits per heavy atom. The molecule has 1 aliphatic heterocycles. The molecule has 5 nitrogen and oxygen atoms in total. The standard InChI is InChI=1S/C13H26N2O3S/c1-9-8-15(12(16)17)7-6-11(9)10(2)14-19(18)13(3,4)5/h9-11,14H,6-8H2,1-5H3,(H,16,17)/t9-,10+,11+,19?/m1/s1. The number of nitrogens with zero attached hydrogens (tertiary/aromatic N) is 1. The number of hydrogen-bond donors (Lipinski definition) is 2. The molecule has 1 fully saturated rings. The van der Waals surface area contributed by atoms with Crippen LogP contribution in [0.1, 0.15) is 41.0 Å². The van der Waals surface area contributed by atoms with Crippen molar-refractivity contribution in [3.8, 4) is 0 Å². The Morgan fingerprint density at radius 2 is 2.05 bits per heavy atom. The van der Waals surface area contributed by atoms with Crippen molar-refractivity contribution in [1.82, 2.24) is 9.62 Å². The van der Waals surface area contributed by atoms with E-state index in [1.165, 1.54) is 4.90 Å². The molecule has 0 aromatic carbocycles. The van der Waals surface area contributed by atoms with Gasteiger partial charge in [-0.25, -0.2) is 13.7 Å². The van der Waals surface area contributed by atoms with Crippen LogP contribution in [0.2, 0.25) is 0 Å². The van der Waals surface area contributed by atoms with E-state index in [0.717, 1.165) is 6.42 Å². The first kappa shape index (κ1) is 16.4. The van der Waals surface area contributed by atoms with Gasteiger partial charge in [0.25, 0.3) is 0 Å². The fourth-order valence-electron chi connectivity index (χ4n) is 2.51. The Bertz CT molecular complexity index is 354. The largest absolute Gasteiger partial charge is 0.465 e. The first-order chi connectivity index (χ1) is 8.62. The quantitative estimate of drug-likeness (QED) is 0.836. The third-order valence-electron chi connectivity index (χ3n) is 3.73. The monoisotopic (exact) mass is 290 g/mol. The summed E-state index contributed by atoms with van der Waals surface area (Å²) >= 11 is 0. The molecule has 1 saturated heterocycles. The zero-order valence-corrected chi connectivity index (χ0v) is 13.3. The average Bonchev–Trinajstić information content (AvgIpc) is 2.26. The molecule has 1 rings (SSSR count). The van der Waals surface area contributed by atoms with E-state index in [4.69, 9.17) is 5.11 Å². The van der Waals surface area contributed by atoms with Crippen LogP contribution in [-0.2, 0) is 11.0 Å². The van der Waals surface area contributed by atoms with Crippen LogP contribution < -0.4 is 4.72 Å². The summed E-state index contributed by atoms with van der Waals surface area (Å²) in [6, 6.07) is 0.131. The zero-order chi connectivity index (χ0) is 14.8. The lowest BCUT2D eigenvalue weighted by molar-refractivity contribution is 0.0937. The first-order valence-electron chi connectivity index (χ1n) is 6.79. The summed E-state index contributed by atoms with van der Waals surface area (Å²) in [4.78, 5) is 12.4. The Labute approximate surface area is 118 Å². The van der Waals surface area contributed by atoms with Crippen molar-refractivity contribution < 1.29 is 14.1 Å². The lowest BCUT2D eigenvalue weighted by atomic mass is 9.82. The normalized spacial score (nSPS) is 27.9. The minimum Gasteiger partial charge on any atom is -0.465 e. The molecule has 1 amide bonds. The molecule has 0 spiro atoms. The first-order valence-corrected chi connectivity index (χ1v) is 7.94. The molecule has 0 saturated carbocycles. The highest BCUT2D eigenvalue weighted by atomic mass is 32.2. The highest BCUT2D eigenvalue weighted by Crippen LogP contribution is 2.27. The number of carbonyl (C=O) groups is 1. The molecule has 1 aliphatic rings. The second-order valence-electron chi connectivity index (χ2n) is 6.45. The number of piperidine rings is 1. The van der Waals surface area contributed by atoms with Crippen LogP contribution in [0.4, 0.5) is 4.79 Å². The number of likely N-dealkylation sites (tertiary alicyclic amines) is 1. The minimum atomic E-state index is -1.08. The summed E-state index contributed by atoms with van der Waals surface area (Å²) in [6.45, 7) is 11.1. The summed E-state index contributed by atoms with van der Waals surface area (Å²) in [5.74, 6) is 0.645. The lowest BCUT2D eigenvalue weighted by Crippen LogP contribution is -2.50. The van der Waals surface area contributed by atoms with E-state index in [1.807, 2.05) is 27.7 Å². The fraction of sp³-hybridized carbons (Fsp3) is 0.923. The number of carboxylic acid groups (broad SMARTS) is 1. The van der Waals surface area contributed by atoms with Gasteiger partial charge in [-0.3, -0.25) is 0 Å². The van der Waals surface area contributed by atoms with Crippen molar-refractivity contribution in [1.29, 1.82) is 0 Å². The van der Waals surface area contributed by atoms with Gasteiger partial charge in [-0.05, 0) is 46.0 Å². The Balaban J connectivity index is 2.57. The smallest absolute Gasteiger partial charge is 0.407 e. The van der Waals surface area contributed by atoms with Crippen LogP contribution in [0.25, 0.3) is 0 Å². The zero-order valence-electron chi connectivity index (χ0n) is 12.5. The van der Waals surface area contributed by atoms with Gasteiger partial charge >= 0.3 is 6.09 Å². The maximum absolute atomic E-state index is 12.1. The van der Waals surface area contributed by atoms with Gasteiger partial charge < -0.3 is 10.0 Å². The van der Waals surface area contributed by atoms with Gasteiger partial charge in [-0.1, -0.05) is 6.92 Å². The van der Waals surface area contributed by atoms with Crippen LogP contribution >= 0.6 is 0 Å². The molecule has 0 aromatic heterocycles. The second-order valence-corrected chi connectivity index (χ2v) is 8.44. The SMILES string of the molecule is C[C@@H]1CN(C(=O)O)CC[C@@H]1[C@H](C)NS(=O)C(C)(C)C. The van der Waals surface area contributed by atoms with Gasteiger partial charge in [0.15, 0.2) is 0 Å². The van der Waals surface area contributed by atoms with Crippen LogP contribution in [-0.4, -0.2) is 44.2 Å². The van der Waals surface area contributed by atoms with E-state index < -0.39 is 17.1 Å². The topological polar surface area (TPSA) is 69.6 Å². The van der Waals surface area contributed by atoms with Crippen molar-refractivity contribution in [2.45, 2.75) is 51.8 Å². The van der Waals surface area contributed by atoms with Crippen LogP contribution in [0.3, 0.4) is 0 Å². The molecule has 1 unspecified atom stereocenters. The maximum Gasteiger partial charge on any atom is 0.407 e. The van der Waals surface area contributed by atoms with Gasteiger partial charge in [0.1, 0.15) is 0 Å². The minimum absolute atomic E-state index is 0.131. The van der Waals surface area contributed by atoms with E-state index in [9.17, 15) is 9.00 Å². The number of hydrogen-bond acceptors (Lipinski definition) is 2. The summed E-state index contributed by atoms with van der Waals surface area (Å²) in [7, 11) is -1.08. The van der Waals surface area contributed by atoms with Crippen molar-refractivity contribution in [3.63, 3.8) is 0 Å². The molecule has 0 radical (unpaired) electrons. The summed E-state index contributed by atoms with van der Waals surface area (Å²) in [6.07, 6.45) is -0.0210. The van der Waals surface area contributed by atoms with Gasteiger partial charge in [0.05, 0.1) is 15.7 Å². The Kier molecular flexibility index (Phi) is 5.38. The van der Waals surface area contributed by atoms with E-state index in [-0.39, 0.29) is 16.7 Å². The molecule has 4 atom stereocenters. The van der Waals surface area contributed by atoms with E-state index in [2.05, 4.69) is 11.6 Å². The molecular formula is C13H26N2O3S. The predicted octanol–water partition coefficient (Wildman–Crippen LogP) is 2.06. The molecule has 1 heterocycles. The molecular weight excluding hydrogens is 264 g/mol. The maximum atomic E-state index is 12.1. The van der Waals surface area contributed by atoms with E-state index in [1.54, 1.807) is 0 Å². The van der Waals surface area contributed by atoms with Gasteiger partial charge in [0, 0.05) is 19.1 Å². The van der Waals surface area contributed by atoms with Crippen molar-refractivity contribution >= 4 is 17.1 Å². The molecule has 6 heteroatoms. The highest BCUT2D eigenvalue weighted by Gasteiger charge is 2.33. The molecule has 0 aliphatic carbocycles. The fourth-order valence-corrected chi connectivity index (χ4v) is 3.38. The van der Waals surface area contributed by atoms with Gasteiger partial charge in [-0.15, -0.1) is 0 Å². The molecule has 2 N–H and O–H groups in total. The Hall–Kier alpha value is -0.620. The van der Waals surface area contributed by atoms with Crippen molar-refractivity contribution in [3.05, 3.63) is 0 Å². The molecule has 0 bridgehead atoms. The summed E-state index contributed by atoms with van der Waals surface area (Å²) < 4.78 is 15.0. The van der Waals surface area contributed by atoms with Gasteiger partial charge in [0.2, 0.25) is 0 Å². The molecule has 19 heavy (non-hydrogen) atoms. The third-order valence-corrected chi connectivity index (χ3v) is 5.43. The van der Waals surface area contributed by atoms with Crippen molar-refractivity contribution in [2.75, 3.05) is 13.1 Å². The number of amides is 1. The summed E-state index contributed by atoms with van der Waals surface area (Å²) in [5, 5.41) is 8.99. The Morgan fingerprint density at radius 3 is 2.47 bits per heavy atom. The van der Waals surface area contributed by atoms with E-state index >= 15 is 0 Å². The summed E-state index contributed by atoms with van der Waals surface area (Å²) in [5.41, 5.74) is 0.